The van der Waals surface area contributed by atoms with Crippen LogP contribution in [0.4, 0.5) is 0 Å². The highest BCUT2D eigenvalue weighted by Gasteiger charge is 2.40. The fourth-order valence-electron chi connectivity index (χ4n) is 2.56. The van der Waals surface area contributed by atoms with Crippen molar-refractivity contribution in [2.75, 3.05) is 6.61 Å². The Morgan fingerprint density at radius 2 is 2.21 bits per heavy atom. The van der Waals surface area contributed by atoms with Crippen molar-refractivity contribution in [2.45, 2.75) is 31.6 Å². The Labute approximate surface area is 125 Å². The maximum atomic E-state index is 9.63. The average Bonchev–Trinajstić information content (AvgIpc) is 2.81. The van der Waals surface area contributed by atoms with Crippen LogP contribution in [-0.4, -0.2) is 16.7 Å². The van der Waals surface area contributed by atoms with Crippen LogP contribution < -0.4 is 0 Å². The molecule has 0 bridgehead atoms. The highest BCUT2D eigenvalue weighted by Crippen LogP contribution is 2.44. The van der Waals surface area contributed by atoms with Crippen molar-refractivity contribution in [3.8, 4) is 10.6 Å². The SMILES string of the molecule is Cc1ccc(Br)cc1-c1nc(C2(CO)CCC2)cs1. The molecule has 0 unspecified atom stereocenters. The largest absolute Gasteiger partial charge is 0.395 e. The summed E-state index contributed by atoms with van der Waals surface area (Å²) in [4.78, 5) is 4.79. The molecule has 100 valence electrons. The van der Waals surface area contributed by atoms with Gasteiger partial charge in [-0.3, -0.25) is 0 Å². The van der Waals surface area contributed by atoms with Crippen LogP contribution in [0.25, 0.3) is 10.6 Å². The third kappa shape index (κ3) is 2.26. The predicted molar refractivity (Wildman–Crippen MR) is 82.6 cm³/mol. The van der Waals surface area contributed by atoms with Gasteiger partial charge in [0.1, 0.15) is 5.01 Å². The summed E-state index contributed by atoms with van der Waals surface area (Å²) in [5.41, 5.74) is 3.42. The van der Waals surface area contributed by atoms with Crippen LogP contribution in [-0.2, 0) is 5.41 Å². The minimum absolute atomic E-state index is 0.0608. The Kier molecular flexibility index (Phi) is 3.50. The number of benzene rings is 1. The molecule has 1 aliphatic rings. The summed E-state index contributed by atoms with van der Waals surface area (Å²) in [6.07, 6.45) is 3.32. The van der Waals surface area contributed by atoms with Crippen LogP contribution in [0.15, 0.2) is 28.1 Å². The lowest BCUT2D eigenvalue weighted by atomic mass is 9.67. The number of halogens is 1. The summed E-state index contributed by atoms with van der Waals surface area (Å²) in [5.74, 6) is 0. The minimum Gasteiger partial charge on any atom is -0.395 e. The molecule has 4 heteroatoms. The summed E-state index contributed by atoms with van der Waals surface area (Å²) < 4.78 is 1.07. The lowest BCUT2D eigenvalue weighted by Gasteiger charge is -2.38. The van der Waals surface area contributed by atoms with Crippen LogP contribution >= 0.6 is 27.3 Å². The molecule has 1 saturated carbocycles. The van der Waals surface area contributed by atoms with E-state index in [0.29, 0.717) is 0 Å². The third-order valence-corrected chi connectivity index (χ3v) is 5.46. The van der Waals surface area contributed by atoms with Crippen molar-refractivity contribution >= 4 is 27.3 Å². The van der Waals surface area contributed by atoms with E-state index in [1.165, 1.54) is 17.5 Å². The summed E-state index contributed by atoms with van der Waals surface area (Å²) >= 11 is 5.19. The lowest BCUT2D eigenvalue weighted by Crippen LogP contribution is -2.38. The molecule has 0 spiro atoms. The number of thiazole rings is 1. The maximum Gasteiger partial charge on any atom is 0.123 e. The second kappa shape index (κ2) is 5.00. The van der Waals surface area contributed by atoms with Crippen molar-refractivity contribution in [1.29, 1.82) is 0 Å². The Hall–Kier alpha value is -0.710. The summed E-state index contributed by atoms with van der Waals surface area (Å²) in [6.45, 7) is 2.32. The number of aryl methyl sites for hydroxylation is 1. The molecule has 0 amide bonds. The van der Waals surface area contributed by atoms with Gasteiger partial charge in [-0.15, -0.1) is 11.3 Å². The van der Waals surface area contributed by atoms with E-state index in [9.17, 15) is 5.11 Å². The van der Waals surface area contributed by atoms with Gasteiger partial charge in [0, 0.05) is 20.8 Å². The first-order chi connectivity index (χ1) is 9.14. The zero-order chi connectivity index (χ0) is 13.5. The van der Waals surface area contributed by atoms with Crippen molar-refractivity contribution in [1.82, 2.24) is 4.98 Å². The Bertz CT molecular complexity index is 598. The van der Waals surface area contributed by atoms with Gasteiger partial charge in [-0.25, -0.2) is 4.98 Å². The lowest BCUT2D eigenvalue weighted by molar-refractivity contribution is 0.117. The predicted octanol–water partition coefficient (Wildman–Crippen LogP) is 4.30. The molecule has 19 heavy (non-hydrogen) atoms. The summed E-state index contributed by atoms with van der Waals surface area (Å²) in [5, 5.41) is 12.8. The van der Waals surface area contributed by atoms with E-state index >= 15 is 0 Å². The molecule has 1 aromatic carbocycles. The number of nitrogens with zero attached hydrogens (tertiary/aromatic N) is 1. The second-order valence-electron chi connectivity index (χ2n) is 5.29. The normalized spacial score (nSPS) is 17.2. The van der Waals surface area contributed by atoms with Crippen LogP contribution in [0.3, 0.4) is 0 Å². The quantitative estimate of drug-likeness (QED) is 0.905. The Morgan fingerprint density at radius 3 is 2.84 bits per heavy atom. The maximum absolute atomic E-state index is 9.63. The van der Waals surface area contributed by atoms with Gasteiger partial charge in [0.2, 0.25) is 0 Å². The topological polar surface area (TPSA) is 33.1 Å². The fraction of sp³-hybridized carbons (Fsp3) is 0.400. The summed E-state index contributed by atoms with van der Waals surface area (Å²) in [6, 6.07) is 6.27. The molecule has 0 saturated heterocycles. The van der Waals surface area contributed by atoms with Crippen LogP contribution in [0.5, 0.6) is 0 Å². The van der Waals surface area contributed by atoms with Gasteiger partial charge in [-0.2, -0.15) is 0 Å². The first kappa shape index (κ1) is 13.3. The van der Waals surface area contributed by atoms with Crippen LogP contribution in [0.1, 0.15) is 30.5 Å². The number of aliphatic hydroxyl groups is 1. The number of aliphatic hydroxyl groups excluding tert-OH is 1. The highest BCUT2D eigenvalue weighted by molar-refractivity contribution is 9.10. The molecule has 2 nitrogen and oxygen atoms in total. The van der Waals surface area contributed by atoms with Gasteiger partial charge in [-0.05, 0) is 37.5 Å². The van der Waals surface area contributed by atoms with Gasteiger partial charge >= 0.3 is 0 Å². The monoisotopic (exact) mass is 337 g/mol. The van der Waals surface area contributed by atoms with E-state index < -0.39 is 0 Å². The molecule has 0 radical (unpaired) electrons. The van der Waals surface area contributed by atoms with E-state index in [0.717, 1.165) is 28.0 Å². The minimum atomic E-state index is -0.0608. The first-order valence-corrected chi connectivity index (χ1v) is 8.15. The molecule has 3 rings (SSSR count). The Balaban J connectivity index is 1.99. The molecule has 1 N–H and O–H groups in total. The van der Waals surface area contributed by atoms with Crippen LogP contribution in [0, 0.1) is 6.92 Å². The molecule has 1 aliphatic carbocycles. The van der Waals surface area contributed by atoms with Crippen molar-refractivity contribution < 1.29 is 5.11 Å². The smallest absolute Gasteiger partial charge is 0.123 e. The van der Waals surface area contributed by atoms with Gasteiger partial charge in [-0.1, -0.05) is 28.4 Å². The molecule has 0 atom stereocenters. The van der Waals surface area contributed by atoms with E-state index in [1.807, 2.05) is 0 Å². The number of hydrogen-bond acceptors (Lipinski definition) is 3. The fourth-order valence-corrected chi connectivity index (χ4v) is 3.95. The third-order valence-electron chi connectivity index (χ3n) is 4.09. The van der Waals surface area contributed by atoms with Crippen molar-refractivity contribution in [2.24, 2.45) is 0 Å². The van der Waals surface area contributed by atoms with E-state index in [1.54, 1.807) is 11.3 Å². The zero-order valence-electron chi connectivity index (χ0n) is 10.8. The second-order valence-corrected chi connectivity index (χ2v) is 7.06. The van der Waals surface area contributed by atoms with Gasteiger partial charge in [0.15, 0.2) is 0 Å². The average molecular weight is 338 g/mol. The zero-order valence-corrected chi connectivity index (χ0v) is 13.2. The molecule has 1 heterocycles. The van der Waals surface area contributed by atoms with Gasteiger partial charge in [0.05, 0.1) is 12.3 Å². The van der Waals surface area contributed by atoms with E-state index in [-0.39, 0.29) is 12.0 Å². The molecular weight excluding hydrogens is 322 g/mol. The Morgan fingerprint density at radius 1 is 1.42 bits per heavy atom. The molecule has 1 aromatic heterocycles. The highest BCUT2D eigenvalue weighted by atomic mass is 79.9. The number of rotatable bonds is 3. The molecular formula is C15H16BrNOS. The molecule has 0 aliphatic heterocycles. The van der Waals surface area contributed by atoms with E-state index in [4.69, 9.17) is 4.98 Å². The molecule has 2 aromatic rings. The number of aromatic nitrogens is 1. The van der Waals surface area contributed by atoms with Gasteiger partial charge < -0.3 is 5.11 Å². The van der Waals surface area contributed by atoms with Gasteiger partial charge in [0.25, 0.3) is 0 Å². The van der Waals surface area contributed by atoms with Crippen LogP contribution in [0.2, 0.25) is 0 Å². The van der Waals surface area contributed by atoms with E-state index in [2.05, 4.69) is 46.4 Å². The molecule has 1 fully saturated rings. The number of hydrogen-bond donors (Lipinski definition) is 1. The van der Waals surface area contributed by atoms with Crippen molar-refractivity contribution in [3.05, 3.63) is 39.3 Å². The standard InChI is InChI=1S/C15H16BrNOS/c1-10-3-4-11(16)7-12(10)14-17-13(8-19-14)15(9-18)5-2-6-15/h3-4,7-8,18H,2,5-6,9H2,1H3. The van der Waals surface area contributed by atoms with Crippen molar-refractivity contribution in [3.63, 3.8) is 0 Å². The first-order valence-electron chi connectivity index (χ1n) is 6.48. The summed E-state index contributed by atoms with van der Waals surface area (Å²) in [7, 11) is 0.